The minimum absolute atomic E-state index is 0.0658. The number of imide groups is 1. The number of hydrogen-bond acceptors (Lipinski definition) is 7. The van der Waals surface area contributed by atoms with Crippen molar-refractivity contribution in [3.63, 3.8) is 0 Å². The van der Waals surface area contributed by atoms with Crippen molar-refractivity contribution in [2.75, 3.05) is 44.3 Å². The van der Waals surface area contributed by atoms with Gasteiger partial charge in [-0.1, -0.05) is 11.6 Å². The van der Waals surface area contributed by atoms with Gasteiger partial charge in [-0.3, -0.25) is 14.5 Å². The third-order valence-electron chi connectivity index (χ3n) is 6.07. The molecule has 2 saturated heterocycles. The maximum absolute atomic E-state index is 13.2. The zero-order valence-electron chi connectivity index (χ0n) is 17.6. The Labute approximate surface area is 196 Å². The summed E-state index contributed by atoms with van der Waals surface area (Å²) < 4.78 is 38.7. The van der Waals surface area contributed by atoms with Crippen LogP contribution in [0.2, 0.25) is 5.02 Å². The maximum Gasteiger partial charge on any atom is 0.251 e. The normalized spacial score (nSPS) is 22.1. The van der Waals surface area contributed by atoms with Crippen molar-refractivity contribution in [2.24, 2.45) is 0 Å². The highest BCUT2D eigenvalue weighted by molar-refractivity contribution is 7.89. The second-order valence-electron chi connectivity index (χ2n) is 8.01. The van der Waals surface area contributed by atoms with Crippen molar-refractivity contribution in [3.05, 3.63) is 47.5 Å². The van der Waals surface area contributed by atoms with Crippen molar-refractivity contribution in [1.29, 1.82) is 0 Å². The van der Waals surface area contributed by atoms with Crippen LogP contribution in [-0.2, 0) is 19.6 Å². The molecule has 0 N–H and O–H groups in total. The molecule has 0 spiro atoms. The van der Waals surface area contributed by atoms with E-state index < -0.39 is 16.1 Å². The Balaban J connectivity index is 1.27. The topological polar surface area (TPSA) is 96.5 Å². The zero-order valence-corrected chi connectivity index (χ0v) is 19.2. The Hall–Kier alpha value is -2.66. The first-order chi connectivity index (χ1) is 15.8. The van der Waals surface area contributed by atoms with E-state index in [1.807, 2.05) is 4.90 Å². The first kappa shape index (κ1) is 22.1. The van der Waals surface area contributed by atoms with Gasteiger partial charge in [-0.25, -0.2) is 13.3 Å². The van der Waals surface area contributed by atoms with E-state index in [9.17, 15) is 18.0 Å². The Morgan fingerprint density at radius 3 is 2.24 bits per heavy atom. The zero-order chi connectivity index (χ0) is 23.2. The number of amides is 2. The number of carbonyl (C=O) groups is 2. The molecule has 2 aromatic carbocycles. The lowest BCUT2D eigenvalue weighted by atomic mass is 10.2. The number of fused-ring (bicyclic) bond motifs is 1. The molecule has 0 aliphatic carbocycles. The van der Waals surface area contributed by atoms with Gasteiger partial charge in [0.1, 0.15) is 13.2 Å². The van der Waals surface area contributed by atoms with Gasteiger partial charge in [-0.05, 0) is 36.4 Å². The molecule has 0 bridgehead atoms. The van der Waals surface area contributed by atoms with E-state index in [-0.39, 0.29) is 36.2 Å². The molecule has 2 aromatic rings. The highest BCUT2D eigenvalue weighted by Crippen LogP contribution is 2.34. The minimum atomic E-state index is -3.73. The summed E-state index contributed by atoms with van der Waals surface area (Å²) in [6, 6.07) is 10.5. The largest absolute Gasteiger partial charge is 0.486 e. The molecule has 1 atom stereocenters. The Kier molecular flexibility index (Phi) is 5.77. The van der Waals surface area contributed by atoms with Crippen LogP contribution < -0.4 is 14.4 Å². The van der Waals surface area contributed by atoms with Gasteiger partial charge in [0.2, 0.25) is 15.9 Å². The Bertz CT molecular complexity index is 1200. The molecule has 0 saturated carbocycles. The fraction of sp³-hybridized carbons (Fsp3) is 0.364. The first-order valence-corrected chi connectivity index (χ1v) is 12.4. The van der Waals surface area contributed by atoms with E-state index in [0.717, 1.165) is 0 Å². The van der Waals surface area contributed by atoms with Crippen LogP contribution in [0.1, 0.15) is 6.42 Å². The van der Waals surface area contributed by atoms with Gasteiger partial charge in [0.05, 0.1) is 23.0 Å². The van der Waals surface area contributed by atoms with Gasteiger partial charge >= 0.3 is 0 Å². The predicted octanol–water partition coefficient (Wildman–Crippen LogP) is 1.75. The van der Waals surface area contributed by atoms with Crippen molar-refractivity contribution in [2.45, 2.75) is 17.4 Å². The standard InChI is InChI=1S/C22H22ClN3O6S/c23-15-1-3-16(4-2-15)26-21(27)14-18(22(26)28)24-7-9-25(10-8-24)33(29,30)17-5-6-19-20(13-17)32-12-11-31-19/h1-6,13,18H,7-12,14H2. The molecule has 3 heterocycles. The molecule has 5 rings (SSSR count). The molecule has 2 fully saturated rings. The van der Waals surface area contributed by atoms with E-state index >= 15 is 0 Å². The van der Waals surface area contributed by atoms with E-state index in [0.29, 0.717) is 48.5 Å². The van der Waals surface area contributed by atoms with E-state index in [1.54, 1.807) is 30.3 Å². The molecule has 3 aliphatic rings. The van der Waals surface area contributed by atoms with E-state index in [4.69, 9.17) is 21.1 Å². The van der Waals surface area contributed by atoms with Gasteiger partial charge < -0.3 is 9.47 Å². The number of halogens is 1. The van der Waals surface area contributed by atoms with E-state index in [2.05, 4.69) is 0 Å². The summed E-state index contributed by atoms with van der Waals surface area (Å²) in [4.78, 5) is 28.8. The van der Waals surface area contributed by atoms with Crippen LogP contribution in [0.3, 0.4) is 0 Å². The van der Waals surface area contributed by atoms with Crippen molar-refractivity contribution >= 4 is 39.1 Å². The number of rotatable bonds is 4. The van der Waals surface area contributed by atoms with Crippen LogP contribution in [0.25, 0.3) is 0 Å². The Morgan fingerprint density at radius 1 is 0.879 bits per heavy atom. The molecule has 0 aromatic heterocycles. The second kappa shape index (κ2) is 8.60. The Morgan fingerprint density at radius 2 is 1.55 bits per heavy atom. The van der Waals surface area contributed by atoms with Gasteiger partial charge in [-0.15, -0.1) is 0 Å². The highest BCUT2D eigenvalue weighted by atomic mass is 35.5. The van der Waals surface area contributed by atoms with Crippen molar-refractivity contribution < 1.29 is 27.5 Å². The summed E-state index contributed by atoms with van der Waals surface area (Å²) in [6.45, 7) is 1.93. The fourth-order valence-corrected chi connectivity index (χ4v) is 5.92. The van der Waals surface area contributed by atoms with Crippen molar-refractivity contribution in [3.8, 4) is 11.5 Å². The summed E-state index contributed by atoms with van der Waals surface area (Å²) in [5.41, 5.74) is 0.483. The number of anilines is 1. The number of ether oxygens (including phenoxy) is 2. The molecule has 3 aliphatic heterocycles. The van der Waals surface area contributed by atoms with E-state index in [1.165, 1.54) is 21.3 Å². The smallest absolute Gasteiger partial charge is 0.251 e. The van der Waals surface area contributed by atoms with Gasteiger partial charge in [0.15, 0.2) is 11.5 Å². The van der Waals surface area contributed by atoms with Crippen LogP contribution in [0.4, 0.5) is 5.69 Å². The summed E-state index contributed by atoms with van der Waals surface area (Å²) in [5, 5.41) is 0.518. The summed E-state index contributed by atoms with van der Waals surface area (Å²) in [5.74, 6) is 0.363. The molecular weight excluding hydrogens is 470 g/mol. The number of sulfonamides is 1. The van der Waals surface area contributed by atoms with Gasteiger partial charge in [-0.2, -0.15) is 4.31 Å². The van der Waals surface area contributed by atoms with Crippen LogP contribution in [-0.4, -0.2) is 74.9 Å². The fourth-order valence-electron chi connectivity index (χ4n) is 4.35. The molecular formula is C22H22ClN3O6S. The lowest BCUT2D eigenvalue weighted by molar-refractivity contribution is -0.123. The molecule has 174 valence electrons. The number of carbonyl (C=O) groups excluding carboxylic acids is 2. The lowest BCUT2D eigenvalue weighted by Gasteiger charge is -2.36. The molecule has 11 heteroatoms. The number of hydrogen-bond donors (Lipinski definition) is 0. The van der Waals surface area contributed by atoms with Crippen molar-refractivity contribution in [1.82, 2.24) is 9.21 Å². The lowest BCUT2D eigenvalue weighted by Crippen LogP contribution is -2.53. The van der Waals surface area contributed by atoms with Crippen LogP contribution in [0.15, 0.2) is 47.4 Å². The summed E-state index contributed by atoms with van der Waals surface area (Å²) >= 11 is 5.91. The molecule has 2 amide bonds. The first-order valence-electron chi connectivity index (χ1n) is 10.6. The second-order valence-corrected chi connectivity index (χ2v) is 10.4. The third-order valence-corrected chi connectivity index (χ3v) is 8.22. The molecule has 9 nitrogen and oxygen atoms in total. The number of piperazine rings is 1. The van der Waals surface area contributed by atoms with Gasteiger partial charge in [0.25, 0.3) is 5.91 Å². The van der Waals surface area contributed by atoms with Crippen LogP contribution >= 0.6 is 11.6 Å². The number of nitrogens with zero attached hydrogens (tertiary/aromatic N) is 3. The number of benzene rings is 2. The SMILES string of the molecule is O=C1CC(N2CCN(S(=O)(=O)c3ccc4c(c3)OCCO4)CC2)C(=O)N1c1ccc(Cl)cc1. The summed E-state index contributed by atoms with van der Waals surface area (Å²) in [7, 11) is -3.73. The van der Waals surface area contributed by atoms with Crippen LogP contribution in [0, 0.1) is 0 Å². The highest BCUT2D eigenvalue weighted by Gasteiger charge is 2.44. The monoisotopic (exact) mass is 491 g/mol. The van der Waals surface area contributed by atoms with Gasteiger partial charge in [0, 0.05) is 37.3 Å². The summed E-state index contributed by atoms with van der Waals surface area (Å²) in [6.07, 6.45) is 0.0658. The molecule has 33 heavy (non-hydrogen) atoms. The molecule has 0 radical (unpaired) electrons. The maximum atomic E-state index is 13.2. The third kappa shape index (κ3) is 4.08. The van der Waals surface area contributed by atoms with Crippen LogP contribution in [0.5, 0.6) is 11.5 Å². The average molecular weight is 492 g/mol. The average Bonchev–Trinajstić information content (AvgIpc) is 3.13. The quantitative estimate of drug-likeness (QED) is 0.601. The minimum Gasteiger partial charge on any atom is -0.486 e. The predicted molar refractivity (Wildman–Crippen MR) is 120 cm³/mol. The molecule has 1 unspecified atom stereocenters.